The number of carbonyl (C=O) groups excluding carboxylic acids is 1. The summed E-state index contributed by atoms with van der Waals surface area (Å²) in [6, 6.07) is 3.66. The number of aromatic hydroxyl groups is 2. The van der Waals surface area contributed by atoms with Gasteiger partial charge < -0.3 is 10.2 Å². The number of Topliss-reactive ketones (excluding diaryl/α,β-unsaturated/α-hetero) is 1. The number of hydrogen-bond donors (Lipinski definition) is 2. The van der Waals surface area contributed by atoms with Gasteiger partial charge in [0.1, 0.15) is 17.3 Å². The normalized spacial score (nSPS) is 25.1. The number of fused-ring (bicyclic) bond motifs is 2. The molecule has 0 aliphatic heterocycles. The monoisotopic (exact) mass is 402 g/mol. The summed E-state index contributed by atoms with van der Waals surface area (Å²) in [6.45, 7) is 14.9. The van der Waals surface area contributed by atoms with Crippen LogP contribution in [-0.4, -0.2) is 16.0 Å². The minimum Gasteiger partial charge on any atom is -0.508 e. The number of rotatable bonds is 7. The molecule has 0 aromatic heterocycles. The molecular formula is C26H42O3. The summed E-state index contributed by atoms with van der Waals surface area (Å²) in [5, 5.41) is 21.6. The number of carbonyl (C=O) groups is 1. The van der Waals surface area contributed by atoms with E-state index in [1.165, 1.54) is 19.3 Å². The van der Waals surface area contributed by atoms with Gasteiger partial charge in [0, 0.05) is 23.8 Å². The molecule has 0 radical (unpaired) electrons. The number of phenols is 2. The molecule has 1 unspecified atom stereocenters. The zero-order valence-corrected chi connectivity index (χ0v) is 19.6. The number of unbranched alkanes of at least 4 members (excludes halogenated alkanes) is 3. The topological polar surface area (TPSA) is 57.5 Å². The Morgan fingerprint density at radius 2 is 1.66 bits per heavy atom. The Labute approximate surface area is 177 Å². The standard InChI is InChI=1S/C24H36O3.C2H6/c1-6-7-8-9-10-23(2,3)15-11-20(26)22(21(27)12-15)16-13-19(25)18-14-17(16)24(18,4)5;1-2/h11-12,16-18,26-27H,6-10,13-14H2,1-5H3;1-2H3/t16-,17-,18?;/m0./s1. The van der Waals surface area contributed by atoms with Crippen LogP contribution in [0.2, 0.25) is 0 Å². The number of ketones is 1. The number of phenolic OH excluding ortho intramolecular Hbond substituents is 2. The van der Waals surface area contributed by atoms with E-state index in [0.717, 1.165) is 24.8 Å². The molecule has 3 fully saturated rings. The SMILES string of the molecule is CC.CCCCCCC(C)(C)c1cc(O)c([C@H]2CC(=O)C3C[C@@H]2C3(C)C)c(O)c1. The minimum atomic E-state index is -0.0928. The first-order valence-corrected chi connectivity index (χ1v) is 11.7. The Morgan fingerprint density at radius 1 is 1.07 bits per heavy atom. The van der Waals surface area contributed by atoms with Crippen molar-refractivity contribution in [3.05, 3.63) is 23.3 Å². The molecule has 2 N–H and O–H groups in total. The van der Waals surface area contributed by atoms with Crippen molar-refractivity contribution in [1.29, 1.82) is 0 Å². The van der Waals surface area contributed by atoms with E-state index in [4.69, 9.17) is 0 Å². The zero-order valence-electron chi connectivity index (χ0n) is 19.6. The third kappa shape index (κ3) is 4.49. The largest absolute Gasteiger partial charge is 0.508 e. The van der Waals surface area contributed by atoms with Crippen LogP contribution in [0, 0.1) is 17.3 Å². The average Bonchev–Trinajstić information content (AvgIpc) is 2.65. The van der Waals surface area contributed by atoms with Crippen molar-refractivity contribution in [2.24, 2.45) is 17.3 Å². The van der Waals surface area contributed by atoms with E-state index in [-0.39, 0.29) is 39.9 Å². The van der Waals surface area contributed by atoms with Gasteiger partial charge in [0.25, 0.3) is 0 Å². The summed E-state index contributed by atoms with van der Waals surface area (Å²) in [4.78, 5) is 12.5. The summed E-state index contributed by atoms with van der Waals surface area (Å²) >= 11 is 0. The summed E-state index contributed by atoms with van der Waals surface area (Å²) < 4.78 is 0. The lowest BCUT2D eigenvalue weighted by molar-refractivity contribution is -0.151. The first kappa shape index (κ1) is 23.8. The van der Waals surface area contributed by atoms with E-state index in [2.05, 4.69) is 34.6 Å². The molecule has 3 saturated carbocycles. The summed E-state index contributed by atoms with van der Waals surface area (Å²) in [5.41, 5.74) is 1.44. The van der Waals surface area contributed by atoms with E-state index < -0.39 is 0 Å². The van der Waals surface area contributed by atoms with E-state index in [1.807, 2.05) is 26.0 Å². The number of benzene rings is 1. The van der Waals surface area contributed by atoms with Crippen molar-refractivity contribution in [2.45, 2.75) is 105 Å². The van der Waals surface area contributed by atoms with Crippen molar-refractivity contribution in [1.82, 2.24) is 0 Å². The molecule has 164 valence electrons. The highest BCUT2D eigenvalue weighted by molar-refractivity contribution is 5.86. The van der Waals surface area contributed by atoms with Crippen LogP contribution in [0.5, 0.6) is 11.5 Å². The molecule has 3 aliphatic carbocycles. The van der Waals surface area contributed by atoms with Crippen LogP contribution >= 0.6 is 0 Å². The molecule has 1 aromatic carbocycles. The molecule has 0 heterocycles. The van der Waals surface area contributed by atoms with Crippen molar-refractivity contribution < 1.29 is 15.0 Å². The van der Waals surface area contributed by atoms with Gasteiger partial charge in [-0.1, -0.05) is 74.1 Å². The van der Waals surface area contributed by atoms with E-state index in [9.17, 15) is 15.0 Å². The fourth-order valence-corrected chi connectivity index (χ4v) is 5.52. The van der Waals surface area contributed by atoms with Crippen LogP contribution in [-0.2, 0) is 10.2 Å². The Balaban J connectivity index is 0.00000145. The van der Waals surface area contributed by atoms with Gasteiger partial charge in [0.15, 0.2) is 0 Å². The van der Waals surface area contributed by atoms with Crippen LogP contribution < -0.4 is 0 Å². The first-order chi connectivity index (χ1) is 13.6. The van der Waals surface area contributed by atoms with Crippen molar-refractivity contribution in [3.63, 3.8) is 0 Å². The van der Waals surface area contributed by atoms with Crippen LogP contribution in [0.15, 0.2) is 12.1 Å². The fraction of sp³-hybridized carbons (Fsp3) is 0.731. The smallest absolute Gasteiger partial charge is 0.137 e. The van der Waals surface area contributed by atoms with Crippen LogP contribution in [0.25, 0.3) is 0 Å². The average molecular weight is 403 g/mol. The number of hydrogen-bond acceptors (Lipinski definition) is 3. The van der Waals surface area contributed by atoms with Crippen molar-refractivity contribution >= 4 is 5.78 Å². The van der Waals surface area contributed by atoms with Gasteiger partial charge >= 0.3 is 0 Å². The molecule has 3 nitrogen and oxygen atoms in total. The highest BCUT2D eigenvalue weighted by Gasteiger charge is 2.59. The van der Waals surface area contributed by atoms with Gasteiger partial charge in [-0.2, -0.15) is 0 Å². The van der Waals surface area contributed by atoms with E-state index in [1.54, 1.807) is 0 Å². The molecule has 3 heteroatoms. The molecule has 3 atom stereocenters. The maximum Gasteiger partial charge on any atom is 0.137 e. The van der Waals surface area contributed by atoms with Crippen LogP contribution in [0.3, 0.4) is 0 Å². The summed E-state index contributed by atoms with van der Waals surface area (Å²) in [5.74, 6) is 1.04. The van der Waals surface area contributed by atoms with Gasteiger partial charge in [-0.05, 0) is 47.3 Å². The Hall–Kier alpha value is -1.51. The maximum atomic E-state index is 12.5. The van der Waals surface area contributed by atoms with E-state index in [0.29, 0.717) is 17.9 Å². The Bertz CT molecular complexity index is 694. The molecule has 0 saturated heterocycles. The zero-order chi connectivity index (χ0) is 22.0. The van der Waals surface area contributed by atoms with Crippen molar-refractivity contribution in [3.8, 4) is 11.5 Å². The Kier molecular flexibility index (Phi) is 7.46. The molecular weight excluding hydrogens is 360 g/mol. The van der Waals surface area contributed by atoms with Crippen molar-refractivity contribution in [2.75, 3.05) is 0 Å². The minimum absolute atomic E-state index is 0.0316. The third-order valence-corrected chi connectivity index (χ3v) is 7.58. The molecule has 1 aromatic rings. The quantitative estimate of drug-likeness (QED) is 0.479. The summed E-state index contributed by atoms with van der Waals surface area (Å²) in [6.07, 6.45) is 7.20. The molecule has 0 spiro atoms. The second-order valence-corrected chi connectivity index (χ2v) is 10.1. The molecule has 0 amide bonds. The Morgan fingerprint density at radius 3 is 2.14 bits per heavy atom. The maximum absolute atomic E-state index is 12.5. The highest BCUT2D eigenvalue weighted by atomic mass is 16.3. The molecule has 4 rings (SSSR count). The van der Waals surface area contributed by atoms with Gasteiger partial charge in [0.05, 0.1) is 0 Å². The fourth-order valence-electron chi connectivity index (χ4n) is 5.52. The van der Waals surface area contributed by atoms with Gasteiger partial charge in [0.2, 0.25) is 0 Å². The highest BCUT2D eigenvalue weighted by Crippen LogP contribution is 2.64. The van der Waals surface area contributed by atoms with Gasteiger partial charge in [-0.25, -0.2) is 0 Å². The van der Waals surface area contributed by atoms with Crippen LogP contribution in [0.4, 0.5) is 0 Å². The molecule has 2 bridgehead atoms. The van der Waals surface area contributed by atoms with Gasteiger partial charge in [-0.3, -0.25) is 4.79 Å². The van der Waals surface area contributed by atoms with Crippen LogP contribution in [0.1, 0.15) is 110 Å². The lowest BCUT2D eigenvalue weighted by Gasteiger charge is -2.59. The molecule has 3 aliphatic rings. The summed E-state index contributed by atoms with van der Waals surface area (Å²) in [7, 11) is 0. The third-order valence-electron chi connectivity index (χ3n) is 7.58. The lowest BCUT2D eigenvalue weighted by atomic mass is 9.44. The lowest BCUT2D eigenvalue weighted by Crippen LogP contribution is -2.56. The van der Waals surface area contributed by atoms with E-state index >= 15 is 0 Å². The molecule has 29 heavy (non-hydrogen) atoms. The second-order valence-electron chi connectivity index (χ2n) is 10.1. The first-order valence-electron chi connectivity index (χ1n) is 11.7. The second kappa shape index (κ2) is 9.10. The predicted octanol–water partition coefficient (Wildman–Crippen LogP) is 7.09. The predicted molar refractivity (Wildman–Crippen MR) is 121 cm³/mol. The van der Waals surface area contributed by atoms with Gasteiger partial charge in [-0.15, -0.1) is 0 Å².